The number of hydrogen-bond acceptors (Lipinski definition) is 4. The van der Waals surface area contributed by atoms with E-state index in [-0.39, 0.29) is 5.97 Å². The Morgan fingerprint density at radius 1 is 0.750 bits per heavy atom. The van der Waals surface area contributed by atoms with E-state index < -0.39 is 0 Å². The summed E-state index contributed by atoms with van der Waals surface area (Å²) in [4.78, 5) is 11.7. The standard InChI is InChI=1S/C24H38O4/c1-4-7-9-11-16-26-22-18-21(13-14-24(25)28-15-6-3)19-23(20-22)27-17-12-10-8-5-2/h13-14,18-20H,4-12,15-17H2,1-3H3. The summed E-state index contributed by atoms with van der Waals surface area (Å²) < 4.78 is 16.9. The Bertz CT molecular complexity index is 533. The maximum absolute atomic E-state index is 11.7. The highest BCUT2D eigenvalue weighted by atomic mass is 16.5. The summed E-state index contributed by atoms with van der Waals surface area (Å²) >= 11 is 0. The molecule has 0 saturated carbocycles. The molecule has 0 N–H and O–H groups in total. The molecule has 0 fully saturated rings. The van der Waals surface area contributed by atoms with Crippen LogP contribution in [-0.2, 0) is 9.53 Å². The fourth-order valence-electron chi connectivity index (χ4n) is 2.71. The number of carbonyl (C=O) groups is 1. The largest absolute Gasteiger partial charge is 0.493 e. The minimum absolute atomic E-state index is 0.324. The molecular weight excluding hydrogens is 352 g/mol. The lowest BCUT2D eigenvalue weighted by molar-refractivity contribution is -0.137. The van der Waals surface area contributed by atoms with Crippen LogP contribution in [0.25, 0.3) is 6.08 Å². The van der Waals surface area contributed by atoms with Crippen LogP contribution < -0.4 is 9.47 Å². The van der Waals surface area contributed by atoms with Crippen molar-refractivity contribution in [2.45, 2.75) is 78.6 Å². The van der Waals surface area contributed by atoms with E-state index >= 15 is 0 Å². The lowest BCUT2D eigenvalue weighted by Gasteiger charge is -2.11. The van der Waals surface area contributed by atoms with Gasteiger partial charge in [0.15, 0.2) is 0 Å². The van der Waals surface area contributed by atoms with Gasteiger partial charge < -0.3 is 14.2 Å². The predicted molar refractivity (Wildman–Crippen MR) is 116 cm³/mol. The van der Waals surface area contributed by atoms with Crippen molar-refractivity contribution in [2.24, 2.45) is 0 Å². The summed E-state index contributed by atoms with van der Waals surface area (Å²) in [5, 5.41) is 0. The number of rotatable bonds is 16. The number of unbranched alkanes of at least 4 members (excludes halogenated alkanes) is 6. The summed E-state index contributed by atoms with van der Waals surface area (Å²) in [7, 11) is 0. The Morgan fingerprint density at radius 3 is 1.82 bits per heavy atom. The summed E-state index contributed by atoms with van der Waals surface area (Å²) in [6, 6.07) is 5.81. The SMILES string of the molecule is CCCCCCOc1cc(C=CC(=O)OCCC)cc(OCCCCCC)c1. The van der Waals surface area contributed by atoms with Gasteiger partial charge in [-0.3, -0.25) is 0 Å². The molecule has 0 heterocycles. The third-order valence-electron chi connectivity index (χ3n) is 4.30. The van der Waals surface area contributed by atoms with Crippen molar-refractivity contribution in [1.29, 1.82) is 0 Å². The van der Waals surface area contributed by atoms with E-state index in [2.05, 4.69) is 13.8 Å². The predicted octanol–water partition coefficient (Wildman–Crippen LogP) is 6.57. The molecule has 0 spiro atoms. The second kappa shape index (κ2) is 16.0. The second-order valence-electron chi connectivity index (χ2n) is 7.06. The van der Waals surface area contributed by atoms with Crippen LogP contribution in [0.5, 0.6) is 11.5 Å². The van der Waals surface area contributed by atoms with Gasteiger partial charge in [0.1, 0.15) is 11.5 Å². The van der Waals surface area contributed by atoms with Gasteiger partial charge in [0.2, 0.25) is 0 Å². The molecule has 0 unspecified atom stereocenters. The molecule has 4 nitrogen and oxygen atoms in total. The van der Waals surface area contributed by atoms with Crippen LogP contribution in [0.2, 0.25) is 0 Å². The highest BCUT2D eigenvalue weighted by Gasteiger charge is 2.04. The summed E-state index contributed by atoms with van der Waals surface area (Å²) in [5.74, 6) is 1.24. The molecular formula is C24H38O4. The van der Waals surface area contributed by atoms with Gasteiger partial charge in [-0.25, -0.2) is 4.79 Å². The molecule has 28 heavy (non-hydrogen) atoms. The van der Waals surface area contributed by atoms with Crippen LogP contribution in [0.4, 0.5) is 0 Å². The Labute approximate surface area is 171 Å². The van der Waals surface area contributed by atoms with Crippen molar-refractivity contribution in [1.82, 2.24) is 0 Å². The normalized spacial score (nSPS) is 11.0. The first kappa shape index (κ1) is 24.1. The zero-order valence-corrected chi connectivity index (χ0v) is 18.0. The van der Waals surface area contributed by atoms with Gasteiger partial charge in [-0.2, -0.15) is 0 Å². The fraction of sp³-hybridized carbons (Fsp3) is 0.625. The van der Waals surface area contributed by atoms with Crippen molar-refractivity contribution in [2.75, 3.05) is 19.8 Å². The quantitative estimate of drug-likeness (QED) is 0.182. The lowest BCUT2D eigenvalue weighted by Crippen LogP contribution is -2.02. The van der Waals surface area contributed by atoms with Crippen molar-refractivity contribution in [3.05, 3.63) is 29.8 Å². The zero-order valence-electron chi connectivity index (χ0n) is 18.0. The summed E-state index contributed by atoms with van der Waals surface area (Å²) in [5.41, 5.74) is 0.878. The highest BCUT2D eigenvalue weighted by molar-refractivity contribution is 5.87. The third-order valence-corrected chi connectivity index (χ3v) is 4.30. The zero-order chi connectivity index (χ0) is 20.5. The Morgan fingerprint density at radius 2 is 1.32 bits per heavy atom. The van der Waals surface area contributed by atoms with Crippen molar-refractivity contribution in [3.63, 3.8) is 0 Å². The van der Waals surface area contributed by atoms with E-state index in [9.17, 15) is 4.79 Å². The number of benzene rings is 1. The molecule has 0 aliphatic carbocycles. The van der Waals surface area contributed by atoms with Gasteiger partial charge >= 0.3 is 5.97 Å². The first-order valence-corrected chi connectivity index (χ1v) is 10.9. The minimum Gasteiger partial charge on any atom is -0.493 e. The van der Waals surface area contributed by atoms with E-state index in [1.54, 1.807) is 6.08 Å². The van der Waals surface area contributed by atoms with Gasteiger partial charge in [0, 0.05) is 12.1 Å². The number of carbonyl (C=O) groups excluding carboxylic acids is 1. The van der Waals surface area contributed by atoms with Crippen molar-refractivity contribution >= 4 is 12.0 Å². The first-order valence-electron chi connectivity index (χ1n) is 10.9. The number of hydrogen-bond donors (Lipinski definition) is 0. The molecule has 0 aliphatic rings. The van der Waals surface area contributed by atoms with Gasteiger partial charge in [0.05, 0.1) is 19.8 Å². The molecule has 0 atom stereocenters. The lowest BCUT2D eigenvalue weighted by atomic mass is 10.1. The van der Waals surface area contributed by atoms with Gasteiger partial charge in [-0.05, 0) is 43.0 Å². The molecule has 0 amide bonds. The summed E-state index contributed by atoms with van der Waals surface area (Å²) in [6.45, 7) is 8.21. The van der Waals surface area contributed by atoms with E-state index in [1.165, 1.54) is 44.6 Å². The Balaban J connectivity index is 2.69. The number of ether oxygens (including phenoxy) is 3. The smallest absolute Gasteiger partial charge is 0.330 e. The molecule has 0 bridgehead atoms. The van der Waals surface area contributed by atoms with Crippen LogP contribution in [0.15, 0.2) is 24.3 Å². The molecule has 1 aromatic carbocycles. The molecule has 0 saturated heterocycles. The van der Waals surface area contributed by atoms with Crippen LogP contribution in [0.3, 0.4) is 0 Å². The van der Waals surface area contributed by atoms with Crippen molar-refractivity contribution < 1.29 is 19.0 Å². The average Bonchev–Trinajstić information content (AvgIpc) is 2.70. The molecule has 0 radical (unpaired) electrons. The van der Waals surface area contributed by atoms with Crippen molar-refractivity contribution in [3.8, 4) is 11.5 Å². The maximum atomic E-state index is 11.7. The molecule has 1 rings (SSSR count). The van der Waals surface area contributed by atoms with Gasteiger partial charge in [0.25, 0.3) is 0 Å². The topological polar surface area (TPSA) is 44.8 Å². The molecule has 0 aromatic heterocycles. The molecule has 158 valence electrons. The second-order valence-corrected chi connectivity index (χ2v) is 7.06. The number of esters is 1. The van der Waals surface area contributed by atoms with E-state index in [4.69, 9.17) is 14.2 Å². The molecule has 1 aromatic rings. The van der Waals surface area contributed by atoms with Crippen LogP contribution in [0, 0.1) is 0 Å². The van der Waals surface area contributed by atoms with Crippen LogP contribution in [-0.4, -0.2) is 25.8 Å². The third kappa shape index (κ3) is 11.7. The van der Waals surface area contributed by atoms with Crippen LogP contribution in [0.1, 0.15) is 84.1 Å². The monoisotopic (exact) mass is 390 g/mol. The highest BCUT2D eigenvalue weighted by Crippen LogP contribution is 2.25. The Kier molecular flexibility index (Phi) is 13.8. The summed E-state index contributed by atoms with van der Waals surface area (Å²) in [6.07, 6.45) is 13.4. The van der Waals surface area contributed by atoms with E-state index in [0.29, 0.717) is 19.8 Å². The molecule has 4 heteroatoms. The van der Waals surface area contributed by atoms with Gasteiger partial charge in [-0.15, -0.1) is 0 Å². The van der Waals surface area contributed by atoms with E-state index in [0.717, 1.165) is 36.3 Å². The van der Waals surface area contributed by atoms with Gasteiger partial charge in [-0.1, -0.05) is 59.3 Å². The first-order chi connectivity index (χ1) is 13.7. The van der Waals surface area contributed by atoms with E-state index in [1.807, 2.05) is 25.1 Å². The van der Waals surface area contributed by atoms with Crippen LogP contribution >= 0.6 is 0 Å². The maximum Gasteiger partial charge on any atom is 0.330 e. The fourth-order valence-corrected chi connectivity index (χ4v) is 2.71. The minimum atomic E-state index is -0.324. The average molecular weight is 391 g/mol. The Hall–Kier alpha value is -1.97. The molecule has 0 aliphatic heterocycles.